The standard InChI is InChI=1S/C25H31N3O5S/c1-4-33-19-10-12-28(23(14-19)17-5-7-18(8-6-17)25(29)30)15-21-20-9-11-26-24(20)16(2)13-22(21)27-34(3,31)32/h5-9,11,13,19,23,26-27H,4,10,12,14-15H2,1-3H3,(H,29,30)/t19-,23-/m0/s1. The number of hydrogen-bond donors (Lipinski definition) is 3. The molecule has 8 nitrogen and oxygen atoms in total. The maximum atomic E-state index is 12.1. The zero-order valence-electron chi connectivity index (χ0n) is 19.7. The number of nitrogens with zero attached hydrogens (tertiary/aromatic N) is 1. The highest BCUT2D eigenvalue weighted by Gasteiger charge is 2.31. The molecule has 0 amide bonds. The molecule has 0 unspecified atom stereocenters. The van der Waals surface area contributed by atoms with Gasteiger partial charge in [-0.15, -0.1) is 0 Å². The molecule has 1 aliphatic rings. The lowest BCUT2D eigenvalue weighted by molar-refractivity contribution is -0.0136. The molecule has 0 spiro atoms. The summed E-state index contributed by atoms with van der Waals surface area (Å²) in [5.41, 5.74) is 4.71. The van der Waals surface area contributed by atoms with Gasteiger partial charge in [0.1, 0.15) is 0 Å². The number of carboxylic acids is 1. The molecule has 1 aromatic heterocycles. The van der Waals surface area contributed by atoms with Crippen molar-refractivity contribution >= 4 is 32.6 Å². The van der Waals surface area contributed by atoms with Crippen molar-refractivity contribution in [3.63, 3.8) is 0 Å². The summed E-state index contributed by atoms with van der Waals surface area (Å²) < 4.78 is 32.9. The Hall–Kier alpha value is -2.88. The summed E-state index contributed by atoms with van der Waals surface area (Å²) in [4.78, 5) is 16.9. The first-order chi connectivity index (χ1) is 16.2. The van der Waals surface area contributed by atoms with Crippen LogP contribution in [-0.2, 0) is 21.3 Å². The third kappa shape index (κ3) is 5.27. The van der Waals surface area contributed by atoms with E-state index < -0.39 is 16.0 Å². The molecule has 0 saturated carbocycles. The van der Waals surface area contributed by atoms with Gasteiger partial charge < -0.3 is 14.8 Å². The van der Waals surface area contributed by atoms with Crippen molar-refractivity contribution < 1.29 is 23.1 Å². The van der Waals surface area contributed by atoms with E-state index in [-0.39, 0.29) is 17.7 Å². The third-order valence-electron chi connectivity index (χ3n) is 6.42. The quantitative estimate of drug-likeness (QED) is 0.439. The van der Waals surface area contributed by atoms with Gasteiger partial charge in [-0.05, 0) is 67.6 Å². The minimum Gasteiger partial charge on any atom is -0.478 e. The van der Waals surface area contributed by atoms with Gasteiger partial charge in [-0.3, -0.25) is 9.62 Å². The number of piperidine rings is 1. The highest BCUT2D eigenvalue weighted by atomic mass is 32.2. The second-order valence-corrected chi connectivity index (χ2v) is 10.6. The van der Waals surface area contributed by atoms with Crippen LogP contribution in [-0.4, -0.2) is 54.9 Å². The Morgan fingerprint density at radius 2 is 2.00 bits per heavy atom. The molecule has 4 rings (SSSR count). The lowest BCUT2D eigenvalue weighted by Gasteiger charge is -2.40. The zero-order chi connectivity index (χ0) is 24.5. The Kier molecular flexibility index (Phi) is 6.97. The van der Waals surface area contributed by atoms with E-state index in [2.05, 4.69) is 14.6 Å². The predicted octanol–water partition coefficient (Wildman–Crippen LogP) is 4.29. The van der Waals surface area contributed by atoms with E-state index in [1.807, 2.05) is 44.3 Å². The molecule has 1 saturated heterocycles. The fourth-order valence-electron chi connectivity index (χ4n) is 4.88. The van der Waals surface area contributed by atoms with Crippen LogP contribution in [0.4, 0.5) is 5.69 Å². The van der Waals surface area contributed by atoms with E-state index in [9.17, 15) is 18.3 Å². The molecule has 2 atom stereocenters. The molecule has 2 heterocycles. The first-order valence-corrected chi connectivity index (χ1v) is 13.3. The summed E-state index contributed by atoms with van der Waals surface area (Å²) in [6, 6.07) is 10.9. The number of sulfonamides is 1. The SMILES string of the molecule is CCO[C@H]1CCN(Cc2c(NS(C)(=O)=O)cc(C)c3[nH]ccc23)[C@H](c2ccc(C(=O)O)cc2)C1. The molecule has 1 aliphatic heterocycles. The highest BCUT2D eigenvalue weighted by molar-refractivity contribution is 7.92. The Bertz CT molecular complexity index is 1280. The molecule has 1 fully saturated rings. The van der Waals surface area contributed by atoms with E-state index in [4.69, 9.17) is 4.74 Å². The summed E-state index contributed by atoms with van der Waals surface area (Å²) in [5, 5.41) is 10.3. The van der Waals surface area contributed by atoms with Crippen LogP contribution in [0, 0.1) is 6.92 Å². The number of likely N-dealkylation sites (tertiary alicyclic amines) is 1. The molecule has 3 aromatic rings. The van der Waals surface area contributed by atoms with E-state index in [0.29, 0.717) is 18.8 Å². The van der Waals surface area contributed by atoms with Crippen LogP contribution < -0.4 is 4.72 Å². The number of aromatic nitrogens is 1. The summed E-state index contributed by atoms with van der Waals surface area (Å²) >= 11 is 0. The number of ether oxygens (including phenoxy) is 1. The second kappa shape index (κ2) is 9.77. The van der Waals surface area contributed by atoms with E-state index in [0.717, 1.165) is 53.2 Å². The third-order valence-corrected chi connectivity index (χ3v) is 7.01. The van der Waals surface area contributed by atoms with Gasteiger partial charge in [0.25, 0.3) is 0 Å². The van der Waals surface area contributed by atoms with Gasteiger partial charge in [0.05, 0.1) is 23.6 Å². The van der Waals surface area contributed by atoms with Crippen molar-refractivity contribution in [2.45, 2.75) is 45.4 Å². The molecule has 0 radical (unpaired) electrons. The fraction of sp³-hybridized carbons (Fsp3) is 0.400. The number of rotatable bonds is 8. The molecular weight excluding hydrogens is 454 g/mol. The summed E-state index contributed by atoms with van der Waals surface area (Å²) in [7, 11) is -3.46. The Balaban J connectivity index is 1.73. The number of carboxylic acid groups (broad SMARTS) is 1. The molecule has 34 heavy (non-hydrogen) atoms. The molecule has 0 aliphatic carbocycles. The summed E-state index contributed by atoms with van der Waals surface area (Å²) in [5.74, 6) is -0.953. The van der Waals surface area contributed by atoms with Crippen LogP contribution in [0.3, 0.4) is 0 Å². The molecule has 9 heteroatoms. The van der Waals surface area contributed by atoms with Crippen LogP contribution in [0.2, 0.25) is 0 Å². The van der Waals surface area contributed by atoms with Crippen LogP contribution in [0.1, 0.15) is 52.9 Å². The number of aromatic carboxylic acids is 1. The summed E-state index contributed by atoms with van der Waals surface area (Å²) in [6.45, 7) is 5.89. The number of aryl methyl sites for hydroxylation is 1. The van der Waals surface area contributed by atoms with Gasteiger partial charge in [-0.25, -0.2) is 13.2 Å². The first kappa shape index (κ1) is 24.3. The van der Waals surface area contributed by atoms with Crippen molar-refractivity contribution in [2.24, 2.45) is 0 Å². The minimum atomic E-state index is -3.46. The number of H-pyrrole nitrogens is 1. The van der Waals surface area contributed by atoms with Gasteiger partial charge in [-0.1, -0.05) is 12.1 Å². The van der Waals surface area contributed by atoms with Crippen molar-refractivity contribution in [1.29, 1.82) is 0 Å². The average Bonchev–Trinajstić information content (AvgIpc) is 3.27. The van der Waals surface area contributed by atoms with Crippen LogP contribution in [0.25, 0.3) is 10.9 Å². The number of benzene rings is 2. The molecular formula is C25H31N3O5S. The normalized spacial score (nSPS) is 19.4. The molecule has 3 N–H and O–H groups in total. The number of hydrogen-bond acceptors (Lipinski definition) is 5. The predicted molar refractivity (Wildman–Crippen MR) is 133 cm³/mol. The number of nitrogens with one attached hydrogen (secondary N) is 2. The van der Waals surface area contributed by atoms with Gasteiger partial charge in [0.15, 0.2) is 0 Å². The Morgan fingerprint density at radius 3 is 2.65 bits per heavy atom. The van der Waals surface area contributed by atoms with Gasteiger partial charge in [0.2, 0.25) is 10.0 Å². The molecule has 0 bridgehead atoms. The molecule has 182 valence electrons. The van der Waals surface area contributed by atoms with Crippen molar-refractivity contribution in [2.75, 3.05) is 24.1 Å². The monoisotopic (exact) mass is 485 g/mol. The number of aromatic amines is 1. The molecule has 2 aromatic carbocycles. The maximum absolute atomic E-state index is 12.1. The minimum absolute atomic E-state index is 0.00882. The lowest BCUT2D eigenvalue weighted by atomic mass is 9.91. The van der Waals surface area contributed by atoms with Crippen LogP contribution >= 0.6 is 0 Å². The smallest absolute Gasteiger partial charge is 0.335 e. The van der Waals surface area contributed by atoms with Crippen LogP contribution in [0.5, 0.6) is 0 Å². The van der Waals surface area contributed by atoms with Crippen LogP contribution in [0.15, 0.2) is 42.6 Å². The average molecular weight is 486 g/mol. The van der Waals surface area contributed by atoms with Gasteiger partial charge in [-0.2, -0.15) is 0 Å². The largest absolute Gasteiger partial charge is 0.478 e. The van der Waals surface area contributed by atoms with E-state index >= 15 is 0 Å². The maximum Gasteiger partial charge on any atom is 0.335 e. The van der Waals surface area contributed by atoms with Gasteiger partial charge >= 0.3 is 5.97 Å². The number of anilines is 1. The van der Waals surface area contributed by atoms with E-state index in [1.165, 1.54) is 0 Å². The second-order valence-electron chi connectivity index (χ2n) is 8.88. The lowest BCUT2D eigenvalue weighted by Crippen LogP contribution is -2.39. The fourth-order valence-corrected chi connectivity index (χ4v) is 5.47. The van der Waals surface area contributed by atoms with Gasteiger partial charge in [0, 0.05) is 42.8 Å². The summed E-state index contributed by atoms with van der Waals surface area (Å²) in [6.07, 6.45) is 4.79. The van der Waals surface area contributed by atoms with Crippen molar-refractivity contribution in [3.05, 3.63) is 64.8 Å². The topological polar surface area (TPSA) is 112 Å². The highest BCUT2D eigenvalue weighted by Crippen LogP contribution is 2.37. The van der Waals surface area contributed by atoms with E-state index in [1.54, 1.807) is 12.1 Å². The van der Waals surface area contributed by atoms with Crippen molar-refractivity contribution in [1.82, 2.24) is 9.88 Å². The number of fused-ring (bicyclic) bond motifs is 1. The zero-order valence-corrected chi connectivity index (χ0v) is 20.5. The first-order valence-electron chi connectivity index (χ1n) is 11.4. The Labute approximate surface area is 200 Å². The Morgan fingerprint density at radius 1 is 1.26 bits per heavy atom. The number of carbonyl (C=O) groups is 1. The van der Waals surface area contributed by atoms with Crippen molar-refractivity contribution in [3.8, 4) is 0 Å².